The Bertz CT molecular complexity index is 1470. The molecule has 3 aromatic heterocycles. The Hall–Kier alpha value is -3.54. The third kappa shape index (κ3) is 5.75. The summed E-state index contributed by atoms with van der Waals surface area (Å²) >= 11 is 0. The highest BCUT2D eigenvalue weighted by Gasteiger charge is 2.31. The molecule has 1 fully saturated rings. The second-order valence-corrected chi connectivity index (χ2v) is 10.5. The van der Waals surface area contributed by atoms with E-state index in [1.807, 2.05) is 44.4 Å². The van der Waals surface area contributed by atoms with Crippen molar-refractivity contribution in [2.45, 2.75) is 52.3 Å². The number of aryl methyl sites for hydroxylation is 1. The number of rotatable bonds is 8. The van der Waals surface area contributed by atoms with Crippen LogP contribution in [0, 0.1) is 18.6 Å². The first-order chi connectivity index (χ1) is 18.7. The van der Waals surface area contributed by atoms with Crippen LogP contribution in [0.1, 0.15) is 44.6 Å². The van der Waals surface area contributed by atoms with Crippen LogP contribution in [0.5, 0.6) is 0 Å². The fraction of sp³-hybridized carbons (Fsp3) is 0.429. The molecule has 0 radical (unpaired) electrons. The van der Waals surface area contributed by atoms with Crippen molar-refractivity contribution in [2.24, 2.45) is 0 Å². The number of nitrogens with zero attached hydrogens (tertiary/aromatic N) is 6. The summed E-state index contributed by atoms with van der Waals surface area (Å²) in [4.78, 5) is 19.5. The maximum atomic E-state index is 15.0. The lowest BCUT2D eigenvalue weighted by Crippen LogP contribution is -2.50. The molecule has 1 atom stereocenters. The van der Waals surface area contributed by atoms with E-state index >= 15 is 0 Å². The lowest BCUT2D eigenvalue weighted by atomic mass is 10.00. The molecule has 1 aromatic carbocycles. The third-order valence-corrected chi connectivity index (χ3v) is 6.99. The Morgan fingerprint density at radius 1 is 1.13 bits per heavy atom. The van der Waals surface area contributed by atoms with Gasteiger partial charge in [0.15, 0.2) is 11.6 Å². The summed E-state index contributed by atoms with van der Waals surface area (Å²) in [6.45, 7) is 10.7. The summed E-state index contributed by atoms with van der Waals surface area (Å²) in [7, 11) is 0. The Balaban J connectivity index is 1.34. The van der Waals surface area contributed by atoms with Crippen molar-refractivity contribution in [1.82, 2.24) is 29.4 Å². The van der Waals surface area contributed by atoms with Crippen LogP contribution in [0.2, 0.25) is 0 Å². The normalized spacial score (nSPS) is 18.3. The van der Waals surface area contributed by atoms with E-state index in [4.69, 9.17) is 4.74 Å². The van der Waals surface area contributed by atoms with Gasteiger partial charge in [0.05, 0.1) is 23.9 Å². The first kappa shape index (κ1) is 27.0. The van der Waals surface area contributed by atoms with Gasteiger partial charge in [-0.15, -0.1) is 0 Å². The van der Waals surface area contributed by atoms with Gasteiger partial charge in [0, 0.05) is 50.5 Å². The van der Waals surface area contributed by atoms with E-state index in [-0.39, 0.29) is 35.4 Å². The minimum absolute atomic E-state index is 0.0164. The van der Waals surface area contributed by atoms with Crippen molar-refractivity contribution in [3.05, 3.63) is 59.7 Å². The van der Waals surface area contributed by atoms with Crippen molar-refractivity contribution in [3.63, 3.8) is 0 Å². The van der Waals surface area contributed by atoms with Crippen molar-refractivity contribution in [2.75, 3.05) is 31.6 Å². The number of morpholine rings is 1. The van der Waals surface area contributed by atoms with Crippen LogP contribution in [-0.4, -0.2) is 66.4 Å². The minimum atomic E-state index is -0.659. The molecule has 0 bridgehead atoms. The monoisotopic (exact) mass is 537 g/mol. The van der Waals surface area contributed by atoms with E-state index in [1.165, 1.54) is 6.07 Å². The van der Waals surface area contributed by atoms with E-state index in [0.29, 0.717) is 42.3 Å². The first-order valence-corrected chi connectivity index (χ1v) is 13.1. The second-order valence-electron chi connectivity index (χ2n) is 10.5. The molecule has 0 aliphatic carbocycles. The van der Waals surface area contributed by atoms with Gasteiger partial charge < -0.3 is 19.7 Å². The number of hydrogen-bond acceptors (Lipinski definition) is 8. The van der Waals surface area contributed by atoms with Gasteiger partial charge in [0.1, 0.15) is 22.9 Å². The number of halogens is 2. The zero-order valence-electron chi connectivity index (χ0n) is 22.6. The molecule has 2 N–H and O–H groups in total. The fourth-order valence-electron chi connectivity index (χ4n) is 5.19. The molecule has 0 amide bonds. The highest BCUT2D eigenvalue weighted by atomic mass is 19.1. The molecule has 4 heterocycles. The molecule has 5 rings (SSSR count). The molecule has 4 aromatic rings. The molecule has 39 heavy (non-hydrogen) atoms. The Morgan fingerprint density at radius 2 is 1.95 bits per heavy atom. The summed E-state index contributed by atoms with van der Waals surface area (Å²) < 4.78 is 37.6. The summed E-state index contributed by atoms with van der Waals surface area (Å²) in [5.41, 5.74) is 1.77. The van der Waals surface area contributed by atoms with E-state index < -0.39 is 11.6 Å². The highest BCUT2D eigenvalue weighted by Crippen LogP contribution is 2.30. The SMILES string of the molecule is Cc1nc2c(F)cc(-c3nc(Nc4ccc(CN5CCO[C@@](C)(CCO)C5)cn4)ncc3F)cc2n1C(C)C. The molecule has 11 heteroatoms. The summed E-state index contributed by atoms with van der Waals surface area (Å²) in [5.74, 6) is 0.136. The molecule has 9 nitrogen and oxygen atoms in total. The van der Waals surface area contributed by atoms with E-state index in [1.54, 1.807) is 12.3 Å². The second kappa shape index (κ2) is 10.9. The maximum absolute atomic E-state index is 15.0. The van der Waals surface area contributed by atoms with Crippen LogP contribution < -0.4 is 5.32 Å². The van der Waals surface area contributed by atoms with Crippen molar-refractivity contribution in [3.8, 4) is 11.3 Å². The molecular weight excluding hydrogens is 504 g/mol. The van der Waals surface area contributed by atoms with Crippen LogP contribution in [0.4, 0.5) is 20.5 Å². The highest BCUT2D eigenvalue weighted by molar-refractivity contribution is 5.83. The van der Waals surface area contributed by atoms with Gasteiger partial charge in [-0.3, -0.25) is 4.90 Å². The van der Waals surface area contributed by atoms with Gasteiger partial charge in [-0.2, -0.15) is 0 Å². The van der Waals surface area contributed by atoms with Crippen LogP contribution >= 0.6 is 0 Å². The zero-order valence-corrected chi connectivity index (χ0v) is 22.6. The number of fused-ring (bicyclic) bond motifs is 1. The van der Waals surface area contributed by atoms with Gasteiger partial charge >= 0.3 is 0 Å². The van der Waals surface area contributed by atoms with Crippen LogP contribution in [0.15, 0.2) is 36.7 Å². The van der Waals surface area contributed by atoms with Crippen molar-refractivity contribution >= 4 is 22.8 Å². The van der Waals surface area contributed by atoms with Crippen LogP contribution in [-0.2, 0) is 11.3 Å². The number of benzene rings is 1. The van der Waals surface area contributed by atoms with Gasteiger partial charge in [-0.1, -0.05) is 6.07 Å². The van der Waals surface area contributed by atoms with Gasteiger partial charge in [0.25, 0.3) is 0 Å². The van der Waals surface area contributed by atoms with Crippen LogP contribution in [0.25, 0.3) is 22.3 Å². The quantitative estimate of drug-likeness (QED) is 0.332. The standard InChI is InChI=1S/C28H33F2N7O2/c1-17(2)37-18(3)33-26-21(29)11-20(12-23(26)37)25-22(30)14-32-27(35-25)34-24-6-5-19(13-31-24)15-36-8-10-39-28(4,16-36)7-9-38/h5-6,11-14,17,38H,7-10,15-16H2,1-4H3,(H,31,32,34,35)/t28-/m0/s1. The lowest BCUT2D eigenvalue weighted by molar-refractivity contribution is -0.109. The number of pyridine rings is 1. The van der Waals surface area contributed by atoms with E-state index in [2.05, 4.69) is 30.2 Å². The van der Waals surface area contributed by atoms with Crippen molar-refractivity contribution in [1.29, 1.82) is 0 Å². The molecule has 1 aliphatic heterocycles. The predicted molar refractivity (Wildman–Crippen MR) is 145 cm³/mol. The number of aliphatic hydroxyl groups excluding tert-OH is 1. The zero-order chi connectivity index (χ0) is 27.7. The molecule has 0 unspecified atom stereocenters. The van der Waals surface area contributed by atoms with Gasteiger partial charge in [-0.25, -0.2) is 28.7 Å². The summed E-state index contributed by atoms with van der Waals surface area (Å²) in [5, 5.41) is 12.3. The van der Waals surface area contributed by atoms with E-state index in [9.17, 15) is 13.9 Å². The average molecular weight is 538 g/mol. The molecule has 0 saturated carbocycles. The Labute approximate surface area is 225 Å². The number of nitrogens with one attached hydrogen (secondary N) is 1. The molecule has 1 aliphatic rings. The predicted octanol–water partition coefficient (Wildman–Crippen LogP) is 4.77. The van der Waals surface area contributed by atoms with Crippen LogP contribution in [0.3, 0.4) is 0 Å². The smallest absolute Gasteiger partial charge is 0.229 e. The van der Waals surface area contributed by atoms with Gasteiger partial charge in [0.2, 0.25) is 5.95 Å². The average Bonchev–Trinajstić information content (AvgIpc) is 3.23. The first-order valence-electron chi connectivity index (χ1n) is 13.1. The number of aromatic nitrogens is 5. The lowest BCUT2D eigenvalue weighted by Gasteiger charge is -2.40. The summed E-state index contributed by atoms with van der Waals surface area (Å²) in [6, 6.07) is 6.78. The number of hydrogen-bond donors (Lipinski definition) is 2. The fourth-order valence-corrected chi connectivity index (χ4v) is 5.19. The number of imidazole rings is 1. The number of anilines is 2. The molecular formula is C28H33F2N7O2. The minimum Gasteiger partial charge on any atom is -0.396 e. The Morgan fingerprint density at radius 3 is 2.67 bits per heavy atom. The van der Waals surface area contributed by atoms with E-state index in [0.717, 1.165) is 24.8 Å². The van der Waals surface area contributed by atoms with Crippen molar-refractivity contribution < 1.29 is 18.6 Å². The number of aliphatic hydroxyl groups is 1. The topological polar surface area (TPSA) is 101 Å². The Kier molecular flexibility index (Phi) is 7.57. The number of ether oxygens (including phenoxy) is 1. The third-order valence-electron chi connectivity index (χ3n) is 6.99. The molecule has 0 spiro atoms. The molecule has 206 valence electrons. The largest absolute Gasteiger partial charge is 0.396 e. The van der Waals surface area contributed by atoms with Gasteiger partial charge in [-0.05, 0) is 51.5 Å². The molecule has 1 saturated heterocycles. The maximum Gasteiger partial charge on any atom is 0.229 e. The summed E-state index contributed by atoms with van der Waals surface area (Å²) in [6.07, 6.45) is 3.42.